The molecule has 2 unspecified atom stereocenters. The number of ether oxygens (including phenoxy) is 4. The van der Waals surface area contributed by atoms with Crippen molar-refractivity contribution in [2.75, 3.05) is 53.3 Å². The van der Waals surface area contributed by atoms with Crippen molar-refractivity contribution in [3.05, 3.63) is 65.7 Å². The fraction of sp³-hybridized carbons (Fsp3) is 0.671. The molecule has 2 aromatic carbocycles. The van der Waals surface area contributed by atoms with Crippen LogP contribution >= 0.6 is 0 Å². The topological polar surface area (TPSA) is 319 Å². The number of nitrogens with zero attached hydrogens (tertiary/aromatic N) is 3. The van der Waals surface area contributed by atoms with Gasteiger partial charge in [0.25, 0.3) is 0 Å². The molecule has 24 nitrogen and oxygen atoms in total. The number of nitrogens with two attached hydrogens (primary N) is 1. The predicted octanol–water partition coefficient (Wildman–Crippen LogP) is 7.03. The first kappa shape index (κ1) is 77.2. The number of aliphatic hydroxyl groups is 1. The van der Waals surface area contributed by atoms with Crippen LogP contribution in [-0.4, -0.2) is 175 Å². The lowest BCUT2D eigenvalue weighted by atomic mass is 9.82. The third-order valence-corrected chi connectivity index (χ3v) is 19.3. The summed E-state index contributed by atoms with van der Waals surface area (Å²) in [6.07, 6.45) is 1.74. The van der Waals surface area contributed by atoms with Crippen molar-refractivity contribution in [2.45, 2.75) is 207 Å². The largest absolute Gasteiger partial charge is 0.449 e. The Balaban J connectivity index is 1.19. The van der Waals surface area contributed by atoms with Gasteiger partial charge in [-0.15, -0.1) is 11.8 Å². The molecule has 24 heteroatoms. The minimum Gasteiger partial charge on any atom is -0.449 e. The molecule has 2 fully saturated rings. The number of hydrogen-bond donors (Lipinski definition) is 8. The number of carbonyl (C=O) groups is 9. The van der Waals surface area contributed by atoms with Crippen LogP contribution in [0.1, 0.15) is 158 Å². The molecule has 14 atom stereocenters. The van der Waals surface area contributed by atoms with Crippen LogP contribution in [0, 0.1) is 59.2 Å². The van der Waals surface area contributed by atoms with Crippen LogP contribution in [0.2, 0.25) is 0 Å². The maximum Gasteiger partial charge on any atom is 0.410 e. The van der Waals surface area contributed by atoms with Gasteiger partial charge in [-0.2, -0.15) is 0 Å². The first-order valence-electron chi connectivity index (χ1n) is 33.5. The number of amides is 10. The summed E-state index contributed by atoms with van der Waals surface area (Å²) >= 11 is 0. The van der Waals surface area contributed by atoms with Crippen molar-refractivity contribution < 1.29 is 67.2 Å². The van der Waals surface area contributed by atoms with E-state index in [1.54, 1.807) is 94.8 Å². The molecule has 0 bridgehead atoms. The molecular weight excluding hydrogens is 1200 g/mol. The summed E-state index contributed by atoms with van der Waals surface area (Å²) in [5.74, 6) is 2.69. The number of carbonyl (C=O) groups excluding carboxylic acids is 9. The van der Waals surface area contributed by atoms with Crippen LogP contribution in [0.5, 0.6) is 0 Å². The van der Waals surface area contributed by atoms with E-state index in [-0.39, 0.29) is 68.6 Å². The highest BCUT2D eigenvalue weighted by Crippen LogP contribution is 2.52. The first-order valence-corrected chi connectivity index (χ1v) is 33.5. The Morgan fingerprint density at radius 1 is 0.745 bits per heavy atom. The summed E-state index contributed by atoms with van der Waals surface area (Å²) in [5.41, 5.74) is 5.94. The number of aliphatic hydroxyl groups excluding tert-OH is 1. The normalized spacial score (nSPS) is 21.0. The van der Waals surface area contributed by atoms with Crippen LogP contribution in [-0.2, 0) is 54.3 Å². The van der Waals surface area contributed by atoms with Gasteiger partial charge in [0.1, 0.15) is 30.8 Å². The average Bonchev–Trinajstić information content (AvgIpc) is 1.58. The number of likely N-dealkylation sites (N-methyl/N-ethyl adjacent to an activating group) is 2. The maximum absolute atomic E-state index is 14.9. The van der Waals surface area contributed by atoms with E-state index < -0.39 is 120 Å². The number of hydrogen-bond acceptors (Lipinski definition) is 14. The average molecular weight is 1310 g/mol. The zero-order valence-electron chi connectivity index (χ0n) is 58.1. The molecule has 9 N–H and O–H groups in total. The summed E-state index contributed by atoms with van der Waals surface area (Å²) in [5, 5.41) is 27.7. The molecule has 0 spiro atoms. The zero-order chi connectivity index (χ0) is 69.7. The minimum atomic E-state index is -1.10. The van der Waals surface area contributed by atoms with Crippen molar-refractivity contribution in [3.8, 4) is 11.8 Å². The number of rotatable bonds is 34. The Bertz CT molecular complexity index is 2900. The quantitative estimate of drug-likeness (QED) is 0.0258. The van der Waals surface area contributed by atoms with Crippen molar-refractivity contribution in [1.82, 2.24) is 41.3 Å². The fourth-order valence-corrected chi connectivity index (χ4v) is 13.6. The third-order valence-electron chi connectivity index (χ3n) is 19.3. The molecule has 3 aliphatic rings. The molecule has 1 saturated heterocycles. The molecule has 0 aromatic heterocycles. The van der Waals surface area contributed by atoms with E-state index in [0.29, 0.717) is 54.5 Å². The van der Waals surface area contributed by atoms with Crippen LogP contribution < -0.4 is 37.6 Å². The lowest BCUT2D eigenvalue weighted by Gasteiger charge is -2.44. The molecule has 2 aliphatic carbocycles. The molecule has 522 valence electrons. The van der Waals surface area contributed by atoms with Crippen molar-refractivity contribution in [1.29, 1.82) is 0 Å². The number of alkyl carbamates (subject to hydrolysis) is 1. The summed E-state index contributed by atoms with van der Waals surface area (Å²) < 4.78 is 23.5. The van der Waals surface area contributed by atoms with Crippen LogP contribution in [0.15, 0.2) is 54.6 Å². The van der Waals surface area contributed by atoms with E-state index >= 15 is 0 Å². The number of nitrogens with one attached hydrogen (secondary N) is 6. The number of anilines is 1. The highest BCUT2D eigenvalue weighted by atomic mass is 16.6. The maximum atomic E-state index is 14.9. The zero-order valence-corrected chi connectivity index (χ0v) is 58.1. The number of fused-ring (bicyclic) bond motifs is 1. The van der Waals surface area contributed by atoms with E-state index in [1.807, 2.05) is 52.8 Å². The summed E-state index contributed by atoms with van der Waals surface area (Å²) in [6.45, 7) is 20.7. The third kappa shape index (κ3) is 21.0. The number of primary amides is 1. The number of urea groups is 1. The fourth-order valence-electron chi connectivity index (χ4n) is 13.6. The van der Waals surface area contributed by atoms with Crippen LogP contribution in [0.4, 0.5) is 20.1 Å². The van der Waals surface area contributed by atoms with E-state index in [0.717, 1.165) is 25.7 Å². The lowest BCUT2D eigenvalue weighted by molar-refractivity contribution is -0.152. The molecule has 5 rings (SSSR count). The summed E-state index contributed by atoms with van der Waals surface area (Å²) in [4.78, 5) is 128. The van der Waals surface area contributed by atoms with Gasteiger partial charge in [-0.25, -0.2) is 14.4 Å². The summed E-state index contributed by atoms with van der Waals surface area (Å²) in [7, 11) is 6.12. The SMILES string of the molecule is CC[C@H](C)[C@@H]([C@@H](CC(=O)N1CCC[C@@]1(C)[C@H](OC)[C@@H](C)C(=O)N[C@H](C)[C@@H](O)c1ccccc1)OC)N(C)C(=O)[C@@H](NC(=O)[C@H](C(C)C)N(C)C(=O)OCc1ccc(NC(=O)[C@H](CCCNC(N)=O)NC(=O)[C@@H](NC(=O)OCC2C3CCC#CCCC32)C(C)C)cc1)C(C)C. The van der Waals surface area contributed by atoms with Crippen molar-refractivity contribution in [2.24, 2.45) is 53.1 Å². The Kier molecular flexibility index (Phi) is 29.9. The van der Waals surface area contributed by atoms with Gasteiger partial charge in [-0.05, 0) is 117 Å². The van der Waals surface area contributed by atoms with Gasteiger partial charge in [0.15, 0.2) is 0 Å². The Morgan fingerprint density at radius 2 is 1.37 bits per heavy atom. The highest BCUT2D eigenvalue weighted by Gasteiger charge is 2.52. The highest BCUT2D eigenvalue weighted by molar-refractivity contribution is 5.98. The van der Waals surface area contributed by atoms with E-state index in [2.05, 4.69) is 43.7 Å². The van der Waals surface area contributed by atoms with E-state index in [9.17, 15) is 48.3 Å². The Morgan fingerprint density at radius 3 is 1.94 bits per heavy atom. The summed E-state index contributed by atoms with van der Waals surface area (Å²) in [6, 6.07) is 9.29. The van der Waals surface area contributed by atoms with Gasteiger partial charge < -0.3 is 71.5 Å². The molecule has 1 aliphatic heterocycles. The number of benzene rings is 2. The van der Waals surface area contributed by atoms with Crippen molar-refractivity contribution >= 4 is 59.3 Å². The molecule has 10 amide bonds. The molecule has 1 heterocycles. The predicted molar refractivity (Wildman–Crippen MR) is 357 cm³/mol. The Hall–Kier alpha value is -7.49. The van der Waals surface area contributed by atoms with Gasteiger partial charge >= 0.3 is 18.2 Å². The second kappa shape index (κ2) is 36.4. The minimum absolute atomic E-state index is 0.0996. The standard InChI is InChI=1S/C70H108N10O14/c1-16-44(8)59(54(91-14)38-55(81)80-37-25-35-70(80,11)61(92-15)45(9)62(83)73-46(10)60(82)48-26-20-19-21-27-48)78(12)66(87)57(42(4)5)76-65(86)58(43(6)7)79(13)69(90)94-39-47-31-33-49(34-32-47)74-63(84)53(30-24-36-72-67(71)88)75-64(85)56(41(2)3)77-68(89)93-40-52-50-28-22-17-18-23-29-51(50)52/h19-21,26-27,31-34,41-46,50-54,56-61,82H,16,22-25,28-30,35-40H2,1-15H3,(H,73,83)(H,74,84)(H,75,85)(H,76,86)(H,77,89)(H3,71,72,88)/t44-,45+,46+,50?,51?,52?,53-,54+,56-,57-,58-,59-,60+,61+,70-/m0/s1. The second-order valence-electron chi connectivity index (χ2n) is 27.1. The van der Waals surface area contributed by atoms with Crippen molar-refractivity contribution in [3.63, 3.8) is 0 Å². The lowest BCUT2D eigenvalue weighted by Crippen LogP contribution is -2.61. The van der Waals surface area contributed by atoms with Gasteiger partial charge in [0.2, 0.25) is 35.4 Å². The van der Waals surface area contributed by atoms with Gasteiger partial charge in [-0.1, -0.05) is 111 Å². The molecule has 0 radical (unpaired) electrons. The Labute approximate surface area is 556 Å². The van der Waals surface area contributed by atoms with E-state index in [4.69, 9.17) is 24.7 Å². The first-order chi connectivity index (χ1) is 44.5. The van der Waals surface area contributed by atoms with Gasteiger partial charge in [0, 0.05) is 59.9 Å². The monoisotopic (exact) mass is 1310 g/mol. The molecule has 94 heavy (non-hydrogen) atoms. The van der Waals surface area contributed by atoms with Gasteiger partial charge in [0.05, 0.1) is 54.9 Å². The smallest absolute Gasteiger partial charge is 0.410 e. The molecule has 1 saturated carbocycles. The number of likely N-dealkylation sites (tertiary alicyclic amines) is 1. The van der Waals surface area contributed by atoms with Gasteiger partial charge in [-0.3, -0.25) is 33.7 Å². The van der Waals surface area contributed by atoms with Crippen LogP contribution in [0.3, 0.4) is 0 Å². The number of methoxy groups -OCH3 is 2. The molecular formula is C70H108N10O14. The molecule has 2 aromatic rings. The van der Waals surface area contributed by atoms with E-state index in [1.165, 1.54) is 26.2 Å². The second-order valence-corrected chi connectivity index (χ2v) is 27.1. The van der Waals surface area contributed by atoms with Crippen LogP contribution in [0.25, 0.3) is 0 Å².